The van der Waals surface area contributed by atoms with Gasteiger partial charge in [-0.3, -0.25) is 4.79 Å². The molecule has 4 rings (SSSR count). The Morgan fingerprint density at radius 1 is 1.00 bits per heavy atom. The number of hydrogen-bond donors (Lipinski definition) is 3. The molecule has 2 heterocycles. The number of thiophene rings is 1. The normalized spacial score (nSPS) is 11.5. The Balaban J connectivity index is 1.61. The highest BCUT2D eigenvalue weighted by atomic mass is 35.5. The monoisotopic (exact) mass is 543 g/mol. The zero-order valence-corrected chi connectivity index (χ0v) is 20.1. The molecule has 2 amide bonds. The van der Waals surface area contributed by atoms with Crippen molar-refractivity contribution in [2.45, 2.75) is 4.21 Å². The number of amides is 2. The predicted molar refractivity (Wildman–Crippen MR) is 130 cm³/mol. The molecule has 0 bridgehead atoms. The Hall–Kier alpha value is -2.76. The van der Waals surface area contributed by atoms with Crippen LogP contribution in [0, 0.1) is 0 Å². The van der Waals surface area contributed by atoms with Gasteiger partial charge in [-0.1, -0.05) is 34.8 Å². The molecule has 0 fully saturated rings. The lowest BCUT2D eigenvalue weighted by Gasteiger charge is -2.14. The van der Waals surface area contributed by atoms with Crippen molar-refractivity contribution in [3.63, 3.8) is 0 Å². The minimum atomic E-state index is -4.10. The highest BCUT2D eigenvalue weighted by Gasteiger charge is 2.20. The number of nitrogens with one attached hydrogen (secondary N) is 2. The molecule has 3 N–H and O–H groups in total. The third kappa shape index (κ3) is 4.80. The van der Waals surface area contributed by atoms with E-state index < -0.39 is 21.6 Å². The van der Waals surface area contributed by atoms with Gasteiger partial charge >= 0.3 is 6.03 Å². The van der Waals surface area contributed by atoms with Gasteiger partial charge in [-0.05, 0) is 53.9 Å². The van der Waals surface area contributed by atoms with Crippen LogP contribution in [0.15, 0.2) is 63.6 Å². The minimum Gasteiger partial charge on any atom is -0.494 e. The average Bonchev–Trinajstić information content (AvgIpc) is 3.16. The second kappa shape index (κ2) is 8.88. The standard InChI is InChI=1S/C20H12Cl3N3O5S2/c21-11-1-3-13-10(7-11)8-17(27)26(19(13)28)15-4-2-12(9-14(15)22)24-20(29)25-33(30,31)18-6-5-16(23)32-18/h1-9,28H,(H2,24,25,29). The summed E-state index contributed by atoms with van der Waals surface area (Å²) in [5.41, 5.74) is -0.244. The molecular formula is C20H12Cl3N3O5S2. The molecule has 0 atom stereocenters. The summed E-state index contributed by atoms with van der Waals surface area (Å²) in [5.74, 6) is -0.338. The summed E-state index contributed by atoms with van der Waals surface area (Å²) in [6.07, 6.45) is 0. The number of aromatic hydroxyl groups is 1. The van der Waals surface area contributed by atoms with Gasteiger partial charge in [-0.2, -0.15) is 0 Å². The lowest BCUT2D eigenvalue weighted by Crippen LogP contribution is -2.33. The van der Waals surface area contributed by atoms with Crippen LogP contribution in [-0.2, 0) is 10.0 Å². The Bertz CT molecular complexity index is 1580. The molecule has 13 heteroatoms. The largest absolute Gasteiger partial charge is 0.494 e. The SMILES string of the molecule is O=C(Nc1ccc(-n2c(O)c3ccc(Cl)cc3cc2=O)c(Cl)c1)NS(=O)(=O)c1ccc(Cl)s1. The van der Waals surface area contributed by atoms with E-state index in [0.717, 1.165) is 15.9 Å². The molecule has 0 spiro atoms. The van der Waals surface area contributed by atoms with Gasteiger partial charge in [-0.25, -0.2) is 22.5 Å². The molecule has 0 radical (unpaired) electrons. The van der Waals surface area contributed by atoms with Gasteiger partial charge in [0.05, 0.1) is 15.0 Å². The number of fused-ring (bicyclic) bond motifs is 1. The van der Waals surface area contributed by atoms with E-state index in [4.69, 9.17) is 34.8 Å². The highest BCUT2D eigenvalue weighted by Crippen LogP contribution is 2.31. The van der Waals surface area contributed by atoms with Gasteiger partial charge in [-0.15, -0.1) is 11.3 Å². The van der Waals surface area contributed by atoms with Crippen molar-refractivity contribution in [2.75, 3.05) is 5.32 Å². The van der Waals surface area contributed by atoms with Crippen LogP contribution in [0.4, 0.5) is 10.5 Å². The topological polar surface area (TPSA) is 118 Å². The number of sulfonamides is 1. The van der Waals surface area contributed by atoms with E-state index in [1.54, 1.807) is 18.2 Å². The summed E-state index contributed by atoms with van der Waals surface area (Å²) < 4.78 is 27.5. The Morgan fingerprint density at radius 3 is 2.42 bits per heavy atom. The van der Waals surface area contributed by atoms with Gasteiger partial charge in [0.1, 0.15) is 4.21 Å². The first-order valence-corrected chi connectivity index (χ1v) is 12.4. The number of hydrogen-bond acceptors (Lipinski definition) is 6. The fraction of sp³-hybridized carbons (Fsp3) is 0. The second-order valence-electron chi connectivity index (χ2n) is 6.66. The molecule has 0 aliphatic carbocycles. The van der Waals surface area contributed by atoms with E-state index in [9.17, 15) is 23.1 Å². The van der Waals surface area contributed by atoms with Crippen LogP contribution in [0.2, 0.25) is 14.4 Å². The van der Waals surface area contributed by atoms with Crippen molar-refractivity contribution in [1.82, 2.24) is 9.29 Å². The van der Waals surface area contributed by atoms with Gasteiger partial charge in [0.25, 0.3) is 15.6 Å². The van der Waals surface area contributed by atoms with Gasteiger partial charge in [0.2, 0.25) is 5.88 Å². The molecular weight excluding hydrogens is 533 g/mol. The first-order valence-electron chi connectivity index (χ1n) is 8.98. The van der Waals surface area contributed by atoms with Crippen molar-refractivity contribution in [3.8, 4) is 11.6 Å². The van der Waals surface area contributed by atoms with Crippen LogP contribution in [-0.4, -0.2) is 24.1 Å². The van der Waals surface area contributed by atoms with E-state index in [1.807, 2.05) is 4.72 Å². The zero-order valence-electron chi connectivity index (χ0n) is 16.2. The molecule has 2 aromatic heterocycles. The number of halogens is 3. The second-order valence-corrected chi connectivity index (χ2v) is 11.1. The molecule has 8 nitrogen and oxygen atoms in total. The molecule has 170 valence electrons. The summed E-state index contributed by atoms with van der Waals surface area (Å²) in [7, 11) is -4.10. The molecule has 2 aromatic carbocycles. The number of rotatable bonds is 4. The average molecular weight is 545 g/mol. The number of carbonyl (C=O) groups is 1. The number of pyridine rings is 1. The first kappa shape index (κ1) is 23.4. The number of carbonyl (C=O) groups excluding carboxylic acids is 1. The Labute approximate surface area is 206 Å². The Kier molecular flexibility index (Phi) is 6.30. The first-order chi connectivity index (χ1) is 15.5. The van der Waals surface area contributed by atoms with E-state index in [1.165, 1.54) is 36.4 Å². The van der Waals surface area contributed by atoms with Crippen molar-refractivity contribution < 1.29 is 18.3 Å². The fourth-order valence-corrected chi connectivity index (χ4v) is 5.88. The number of urea groups is 1. The van der Waals surface area contributed by atoms with Crippen LogP contribution in [0.1, 0.15) is 0 Å². The van der Waals surface area contributed by atoms with Crippen molar-refractivity contribution in [2.24, 2.45) is 0 Å². The maximum atomic E-state index is 12.6. The van der Waals surface area contributed by atoms with Gasteiger partial charge in [0.15, 0.2) is 0 Å². The molecule has 0 saturated carbocycles. The third-order valence-corrected chi connectivity index (χ3v) is 8.04. The van der Waals surface area contributed by atoms with Crippen LogP contribution < -0.4 is 15.6 Å². The van der Waals surface area contributed by atoms with Gasteiger partial charge < -0.3 is 10.4 Å². The number of nitrogens with zero attached hydrogens (tertiary/aromatic N) is 1. The van der Waals surface area contributed by atoms with Crippen LogP contribution in [0.3, 0.4) is 0 Å². The van der Waals surface area contributed by atoms with E-state index >= 15 is 0 Å². The summed E-state index contributed by atoms with van der Waals surface area (Å²) >= 11 is 18.8. The maximum absolute atomic E-state index is 12.6. The fourth-order valence-electron chi connectivity index (χ4n) is 3.05. The third-order valence-electron chi connectivity index (χ3n) is 4.45. The smallest absolute Gasteiger partial charge is 0.333 e. The minimum absolute atomic E-state index is 0.0198. The Morgan fingerprint density at radius 2 is 1.76 bits per heavy atom. The van der Waals surface area contributed by atoms with Gasteiger partial charge in [0, 0.05) is 22.2 Å². The molecule has 0 unspecified atom stereocenters. The van der Waals surface area contributed by atoms with Crippen molar-refractivity contribution >= 4 is 78.7 Å². The number of anilines is 1. The van der Waals surface area contributed by atoms with Crippen molar-refractivity contribution in [1.29, 1.82) is 0 Å². The molecule has 0 saturated heterocycles. The summed E-state index contributed by atoms with van der Waals surface area (Å²) in [4.78, 5) is 24.8. The van der Waals surface area contributed by atoms with Crippen molar-refractivity contribution in [3.05, 3.63) is 79.3 Å². The van der Waals surface area contributed by atoms with Crippen LogP contribution in [0.5, 0.6) is 5.88 Å². The number of benzene rings is 2. The highest BCUT2D eigenvalue weighted by molar-refractivity contribution is 7.92. The van der Waals surface area contributed by atoms with Crippen LogP contribution >= 0.6 is 46.1 Å². The predicted octanol–water partition coefficient (Wildman–Crippen LogP) is 5.23. The summed E-state index contributed by atoms with van der Waals surface area (Å²) in [6, 6.07) is 11.7. The zero-order chi connectivity index (χ0) is 23.9. The molecule has 33 heavy (non-hydrogen) atoms. The molecule has 4 aromatic rings. The lowest BCUT2D eigenvalue weighted by molar-refractivity contribution is 0.256. The quantitative estimate of drug-likeness (QED) is 0.325. The van der Waals surface area contributed by atoms with E-state index in [-0.39, 0.29) is 30.8 Å². The van der Waals surface area contributed by atoms with E-state index in [0.29, 0.717) is 15.8 Å². The maximum Gasteiger partial charge on any atom is 0.333 e. The number of aromatic nitrogens is 1. The molecule has 0 aliphatic heterocycles. The van der Waals surface area contributed by atoms with Crippen LogP contribution in [0.25, 0.3) is 16.5 Å². The summed E-state index contributed by atoms with van der Waals surface area (Å²) in [5, 5.41) is 14.3. The molecule has 0 aliphatic rings. The lowest BCUT2D eigenvalue weighted by atomic mass is 10.1. The van der Waals surface area contributed by atoms with E-state index in [2.05, 4.69) is 5.32 Å². The summed E-state index contributed by atoms with van der Waals surface area (Å²) in [6.45, 7) is 0.